The molecule has 0 radical (unpaired) electrons. The van der Waals surface area contributed by atoms with Crippen LogP contribution in [-0.4, -0.2) is 59.5 Å². The van der Waals surface area contributed by atoms with Gasteiger partial charge in [0.15, 0.2) is 0 Å². The standard InChI is InChI=1S/C24H29N5O4/c1-4-33-23(32)17-5-7-19(8-6-17)29-21(30)14-20(22(29)31)27-18-9-11-28(12-10-18)24-25-15(2)13-16(3)26-24/h5-8,13,18,20,27H,4,9-12,14H2,1-3H3. The summed E-state index contributed by atoms with van der Waals surface area (Å²) in [5.74, 6) is -0.192. The number of amides is 2. The summed E-state index contributed by atoms with van der Waals surface area (Å²) in [5.41, 5.74) is 2.74. The lowest BCUT2D eigenvalue weighted by atomic mass is 10.0. The fourth-order valence-electron chi connectivity index (χ4n) is 4.37. The summed E-state index contributed by atoms with van der Waals surface area (Å²) in [7, 11) is 0. The summed E-state index contributed by atoms with van der Waals surface area (Å²) in [5, 5.41) is 3.39. The van der Waals surface area contributed by atoms with E-state index in [-0.39, 0.29) is 30.9 Å². The summed E-state index contributed by atoms with van der Waals surface area (Å²) < 4.78 is 4.98. The number of hydrogen-bond acceptors (Lipinski definition) is 8. The number of nitrogens with one attached hydrogen (secondary N) is 1. The first-order valence-corrected chi connectivity index (χ1v) is 11.3. The van der Waals surface area contributed by atoms with Crippen molar-refractivity contribution in [2.75, 3.05) is 29.5 Å². The van der Waals surface area contributed by atoms with Crippen LogP contribution in [-0.2, 0) is 14.3 Å². The summed E-state index contributed by atoms with van der Waals surface area (Å²) in [4.78, 5) is 49.9. The molecule has 4 rings (SSSR count). The van der Waals surface area contributed by atoms with Crippen molar-refractivity contribution in [3.8, 4) is 0 Å². The molecule has 174 valence electrons. The predicted molar refractivity (Wildman–Crippen MR) is 123 cm³/mol. The van der Waals surface area contributed by atoms with E-state index in [4.69, 9.17) is 4.74 Å². The van der Waals surface area contributed by atoms with E-state index in [9.17, 15) is 14.4 Å². The van der Waals surface area contributed by atoms with Gasteiger partial charge in [-0.3, -0.25) is 9.59 Å². The van der Waals surface area contributed by atoms with Crippen molar-refractivity contribution in [3.05, 3.63) is 47.3 Å². The maximum absolute atomic E-state index is 13.0. The zero-order valence-electron chi connectivity index (χ0n) is 19.2. The van der Waals surface area contributed by atoms with Crippen molar-refractivity contribution < 1.29 is 19.1 Å². The highest BCUT2D eigenvalue weighted by atomic mass is 16.5. The van der Waals surface area contributed by atoms with E-state index < -0.39 is 12.0 Å². The molecule has 1 atom stereocenters. The monoisotopic (exact) mass is 451 g/mol. The number of aryl methyl sites for hydroxylation is 2. The Morgan fingerprint density at radius 2 is 1.73 bits per heavy atom. The predicted octanol–water partition coefficient (Wildman–Crippen LogP) is 2.16. The third-order valence-corrected chi connectivity index (χ3v) is 5.97. The summed E-state index contributed by atoms with van der Waals surface area (Å²) in [6.45, 7) is 7.52. The number of benzene rings is 1. The van der Waals surface area contributed by atoms with Gasteiger partial charge in [-0.2, -0.15) is 0 Å². The van der Waals surface area contributed by atoms with Crippen LogP contribution in [0.2, 0.25) is 0 Å². The number of piperidine rings is 1. The average Bonchev–Trinajstić information content (AvgIpc) is 3.06. The molecule has 2 amide bonds. The van der Waals surface area contributed by atoms with Crippen LogP contribution < -0.4 is 15.1 Å². The topological polar surface area (TPSA) is 105 Å². The van der Waals surface area contributed by atoms with Crippen LogP contribution in [0.4, 0.5) is 11.6 Å². The molecule has 3 heterocycles. The smallest absolute Gasteiger partial charge is 0.338 e. The molecule has 1 N–H and O–H groups in total. The SMILES string of the molecule is CCOC(=O)c1ccc(N2C(=O)CC(NC3CCN(c4nc(C)cc(C)n4)CC3)C2=O)cc1. The molecule has 0 spiro atoms. The number of rotatable bonds is 6. The van der Waals surface area contributed by atoms with Crippen molar-refractivity contribution in [2.45, 2.75) is 52.1 Å². The van der Waals surface area contributed by atoms with Gasteiger partial charge in [-0.1, -0.05) is 0 Å². The fourth-order valence-corrected chi connectivity index (χ4v) is 4.37. The van der Waals surface area contributed by atoms with Crippen LogP contribution in [0.5, 0.6) is 0 Å². The van der Waals surface area contributed by atoms with Gasteiger partial charge in [0, 0.05) is 30.5 Å². The van der Waals surface area contributed by atoms with E-state index in [1.54, 1.807) is 31.2 Å². The highest BCUT2D eigenvalue weighted by Crippen LogP contribution is 2.25. The zero-order chi connectivity index (χ0) is 23.5. The number of hydrogen-bond donors (Lipinski definition) is 1. The van der Waals surface area contributed by atoms with Crippen LogP contribution in [0, 0.1) is 13.8 Å². The Bertz CT molecular complexity index is 1030. The normalized spacial score (nSPS) is 19.3. The molecule has 1 unspecified atom stereocenters. The van der Waals surface area contributed by atoms with Crippen LogP contribution in [0.1, 0.15) is 47.9 Å². The molecule has 2 aliphatic heterocycles. The third kappa shape index (κ3) is 5.03. The summed E-state index contributed by atoms with van der Waals surface area (Å²) in [6.07, 6.45) is 1.80. The second-order valence-corrected chi connectivity index (χ2v) is 8.47. The molecule has 1 aromatic carbocycles. The third-order valence-electron chi connectivity index (χ3n) is 5.97. The van der Waals surface area contributed by atoms with E-state index in [1.165, 1.54) is 4.90 Å². The number of esters is 1. The first-order chi connectivity index (χ1) is 15.9. The number of nitrogens with zero attached hydrogens (tertiary/aromatic N) is 4. The Kier molecular flexibility index (Phi) is 6.69. The Balaban J connectivity index is 1.35. The lowest BCUT2D eigenvalue weighted by molar-refractivity contribution is -0.121. The molecular formula is C24H29N5O4. The van der Waals surface area contributed by atoms with Crippen molar-refractivity contribution in [3.63, 3.8) is 0 Å². The number of carbonyl (C=O) groups excluding carboxylic acids is 3. The Morgan fingerprint density at radius 1 is 1.09 bits per heavy atom. The van der Waals surface area contributed by atoms with Gasteiger partial charge in [-0.05, 0) is 63.9 Å². The number of anilines is 2. The second kappa shape index (κ2) is 9.66. The van der Waals surface area contributed by atoms with Gasteiger partial charge in [0.05, 0.1) is 30.3 Å². The lowest BCUT2D eigenvalue weighted by Gasteiger charge is -2.33. The molecule has 2 fully saturated rings. The van der Waals surface area contributed by atoms with E-state index in [1.807, 2.05) is 19.9 Å². The van der Waals surface area contributed by atoms with Gasteiger partial charge in [0.2, 0.25) is 11.9 Å². The molecule has 1 aromatic heterocycles. The number of carbonyl (C=O) groups is 3. The minimum atomic E-state index is -0.545. The first-order valence-electron chi connectivity index (χ1n) is 11.3. The Morgan fingerprint density at radius 3 is 2.33 bits per heavy atom. The highest BCUT2D eigenvalue weighted by molar-refractivity contribution is 6.22. The summed E-state index contributed by atoms with van der Waals surface area (Å²) >= 11 is 0. The second-order valence-electron chi connectivity index (χ2n) is 8.47. The molecule has 2 aromatic rings. The molecule has 0 aliphatic carbocycles. The zero-order valence-corrected chi connectivity index (χ0v) is 19.2. The first kappa shape index (κ1) is 22.8. The lowest BCUT2D eigenvalue weighted by Crippen LogP contribution is -2.49. The Labute approximate surface area is 193 Å². The maximum atomic E-state index is 13.0. The van der Waals surface area contributed by atoms with Gasteiger partial charge >= 0.3 is 5.97 Å². The quantitative estimate of drug-likeness (QED) is 0.526. The highest BCUT2D eigenvalue weighted by Gasteiger charge is 2.40. The molecule has 9 heteroatoms. The van der Waals surface area contributed by atoms with Crippen LogP contribution >= 0.6 is 0 Å². The van der Waals surface area contributed by atoms with Gasteiger partial charge in [-0.25, -0.2) is 19.7 Å². The van der Waals surface area contributed by atoms with Crippen molar-refractivity contribution in [2.24, 2.45) is 0 Å². The largest absolute Gasteiger partial charge is 0.462 e. The van der Waals surface area contributed by atoms with Gasteiger partial charge in [0.25, 0.3) is 5.91 Å². The van der Waals surface area contributed by atoms with Gasteiger partial charge in [-0.15, -0.1) is 0 Å². The average molecular weight is 452 g/mol. The molecule has 0 saturated carbocycles. The Hall–Kier alpha value is -3.33. The van der Waals surface area contributed by atoms with Crippen molar-refractivity contribution in [1.29, 1.82) is 0 Å². The molecule has 33 heavy (non-hydrogen) atoms. The number of aromatic nitrogens is 2. The van der Waals surface area contributed by atoms with Gasteiger partial charge in [0.1, 0.15) is 0 Å². The molecule has 0 bridgehead atoms. The number of imide groups is 1. The molecule has 9 nitrogen and oxygen atoms in total. The van der Waals surface area contributed by atoms with Crippen LogP contribution in [0.25, 0.3) is 0 Å². The summed E-state index contributed by atoms with van der Waals surface area (Å²) in [6, 6.07) is 7.89. The van der Waals surface area contributed by atoms with Crippen molar-refractivity contribution >= 4 is 29.4 Å². The van der Waals surface area contributed by atoms with E-state index in [0.717, 1.165) is 43.3 Å². The minimum absolute atomic E-state index is 0.124. The van der Waals surface area contributed by atoms with E-state index in [0.29, 0.717) is 11.3 Å². The fraction of sp³-hybridized carbons (Fsp3) is 0.458. The van der Waals surface area contributed by atoms with E-state index >= 15 is 0 Å². The minimum Gasteiger partial charge on any atom is -0.462 e. The molecular weight excluding hydrogens is 422 g/mol. The van der Waals surface area contributed by atoms with E-state index in [2.05, 4.69) is 20.2 Å². The maximum Gasteiger partial charge on any atom is 0.338 e. The van der Waals surface area contributed by atoms with Gasteiger partial charge < -0.3 is 15.0 Å². The number of ether oxygens (including phenoxy) is 1. The van der Waals surface area contributed by atoms with Crippen LogP contribution in [0.15, 0.2) is 30.3 Å². The van der Waals surface area contributed by atoms with Crippen molar-refractivity contribution in [1.82, 2.24) is 15.3 Å². The molecule has 2 aliphatic rings. The van der Waals surface area contributed by atoms with Crippen LogP contribution in [0.3, 0.4) is 0 Å². The molecule has 2 saturated heterocycles.